The highest BCUT2D eigenvalue weighted by molar-refractivity contribution is 9.10. The molecule has 0 N–H and O–H groups in total. The van der Waals surface area contributed by atoms with E-state index in [4.69, 9.17) is 0 Å². The molecule has 1 atom stereocenters. The van der Waals surface area contributed by atoms with Gasteiger partial charge < -0.3 is 0 Å². The maximum atomic E-state index is 3.56. The lowest BCUT2D eigenvalue weighted by Gasteiger charge is -2.10. The second-order valence-electron chi connectivity index (χ2n) is 3.73. The van der Waals surface area contributed by atoms with Crippen LogP contribution in [0, 0.1) is 12.8 Å². The van der Waals surface area contributed by atoms with Crippen molar-refractivity contribution in [3.63, 3.8) is 0 Å². The predicted octanol–water partition coefficient (Wildman–Crippen LogP) is 4.51. The highest BCUT2D eigenvalue weighted by Crippen LogP contribution is 2.21. The van der Waals surface area contributed by atoms with Gasteiger partial charge in [-0.3, -0.25) is 0 Å². The molecule has 0 saturated heterocycles. The minimum atomic E-state index is 0.619. The van der Waals surface area contributed by atoms with E-state index in [0.717, 1.165) is 6.42 Å². The van der Waals surface area contributed by atoms with Crippen LogP contribution in [0.25, 0.3) is 0 Å². The maximum Gasteiger partial charge on any atom is 0.0207 e. The highest BCUT2D eigenvalue weighted by Gasteiger charge is 2.04. The van der Waals surface area contributed by atoms with Crippen LogP contribution in [-0.4, -0.2) is 0 Å². The Morgan fingerprint density at radius 1 is 1.43 bits per heavy atom. The summed E-state index contributed by atoms with van der Waals surface area (Å²) in [5, 5.41) is 0. The third kappa shape index (κ3) is 2.98. The number of allylic oxidation sites excluding steroid dienone is 2. The fourth-order valence-corrected chi connectivity index (χ4v) is 2.02. The standard InChI is InChI=1S/C13H17Br/c1-4-6-10(2)9-12-7-5-8-13(14)11(12)3/h4-8,10H,9H2,1-3H3/b6-4-. The van der Waals surface area contributed by atoms with Crippen molar-refractivity contribution in [3.05, 3.63) is 46.0 Å². The predicted molar refractivity (Wildman–Crippen MR) is 66.6 cm³/mol. The highest BCUT2D eigenvalue weighted by atomic mass is 79.9. The van der Waals surface area contributed by atoms with Crippen molar-refractivity contribution in [2.45, 2.75) is 27.2 Å². The van der Waals surface area contributed by atoms with Crippen LogP contribution in [-0.2, 0) is 6.42 Å². The Kier molecular flexibility index (Phi) is 4.40. The summed E-state index contributed by atoms with van der Waals surface area (Å²) in [7, 11) is 0. The largest absolute Gasteiger partial charge is 0.0914 e. The van der Waals surface area contributed by atoms with E-state index >= 15 is 0 Å². The molecule has 0 bridgehead atoms. The van der Waals surface area contributed by atoms with Crippen LogP contribution in [0.15, 0.2) is 34.8 Å². The van der Waals surface area contributed by atoms with Crippen molar-refractivity contribution in [2.75, 3.05) is 0 Å². The maximum absolute atomic E-state index is 3.56. The van der Waals surface area contributed by atoms with E-state index in [9.17, 15) is 0 Å². The molecule has 1 rings (SSSR count). The van der Waals surface area contributed by atoms with E-state index < -0.39 is 0 Å². The minimum Gasteiger partial charge on any atom is -0.0914 e. The van der Waals surface area contributed by atoms with Gasteiger partial charge in [0.15, 0.2) is 0 Å². The quantitative estimate of drug-likeness (QED) is 0.695. The average Bonchev–Trinajstić information content (AvgIpc) is 2.13. The molecule has 1 aromatic carbocycles. The third-order valence-corrected chi connectivity index (χ3v) is 3.30. The first-order chi connectivity index (χ1) is 6.65. The zero-order valence-electron chi connectivity index (χ0n) is 9.05. The number of rotatable bonds is 3. The normalized spacial score (nSPS) is 13.4. The molecule has 76 valence electrons. The van der Waals surface area contributed by atoms with Crippen molar-refractivity contribution < 1.29 is 0 Å². The average molecular weight is 253 g/mol. The molecule has 1 unspecified atom stereocenters. The van der Waals surface area contributed by atoms with Crippen LogP contribution in [0.1, 0.15) is 25.0 Å². The van der Waals surface area contributed by atoms with Gasteiger partial charge in [0.25, 0.3) is 0 Å². The van der Waals surface area contributed by atoms with Gasteiger partial charge in [0.1, 0.15) is 0 Å². The summed E-state index contributed by atoms with van der Waals surface area (Å²) in [5.41, 5.74) is 2.80. The van der Waals surface area contributed by atoms with Gasteiger partial charge in [0.05, 0.1) is 0 Å². The van der Waals surface area contributed by atoms with Crippen LogP contribution < -0.4 is 0 Å². The molecular weight excluding hydrogens is 236 g/mol. The molecule has 0 aliphatic carbocycles. The summed E-state index contributed by atoms with van der Waals surface area (Å²) < 4.78 is 1.21. The van der Waals surface area contributed by atoms with E-state index in [1.54, 1.807) is 0 Å². The summed E-state index contributed by atoms with van der Waals surface area (Å²) in [6.07, 6.45) is 5.49. The summed E-state index contributed by atoms with van der Waals surface area (Å²) >= 11 is 3.56. The van der Waals surface area contributed by atoms with Gasteiger partial charge in [-0.2, -0.15) is 0 Å². The molecule has 0 saturated carbocycles. The smallest absolute Gasteiger partial charge is 0.0207 e. The Bertz CT molecular complexity index is 326. The Morgan fingerprint density at radius 3 is 2.79 bits per heavy atom. The molecule has 0 aromatic heterocycles. The molecule has 14 heavy (non-hydrogen) atoms. The van der Waals surface area contributed by atoms with Crippen LogP contribution in [0.3, 0.4) is 0 Å². The lowest BCUT2D eigenvalue weighted by Crippen LogP contribution is -1.98. The summed E-state index contributed by atoms with van der Waals surface area (Å²) in [6, 6.07) is 6.41. The molecule has 0 aliphatic heterocycles. The second kappa shape index (κ2) is 5.35. The molecule has 0 nitrogen and oxygen atoms in total. The van der Waals surface area contributed by atoms with Crippen molar-refractivity contribution in [3.8, 4) is 0 Å². The molecule has 0 radical (unpaired) electrons. The van der Waals surface area contributed by atoms with Crippen LogP contribution in [0.4, 0.5) is 0 Å². The Hall–Kier alpha value is -0.560. The van der Waals surface area contributed by atoms with E-state index in [1.807, 2.05) is 0 Å². The van der Waals surface area contributed by atoms with Gasteiger partial charge in [-0.15, -0.1) is 0 Å². The Morgan fingerprint density at radius 2 is 2.14 bits per heavy atom. The topological polar surface area (TPSA) is 0 Å². The van der Waals surface area contributed by atoms with Gasteiger partial charge >= 0.3 is 0 Å². The first kappa shape index (κ1) is 11.5. The molecule has 0 spiro atoms. The van der Waals surface area contributed by atoms with Gasteiger partial charge in [-0.1, -0.05) is 47.1 Å². The van der Waals surface area contributed by atoms with Crippen LogP contribution >= 0.6 is 15.9 Å². The number of benzene rings is 1. The molecule has 0 fully saturated rings. The van der Waals surface area contributed by atoms with Crippen molar-refractivity contribution >= 4 is 15.9 Å². The van der Waals surface area contributed by atoms with Gasteiger partial charge in [0, 0.05) is 4.47 Å². The fraction of sp³-hybridized carbons (Fsp3) is 0.385. The number of halogens is 1. The second-order valence-corrected chi connectivity index (χ2v) is 4.59. The monoisotopic (exact) mass is 252 g/mol. The molecule has 0 amide bonds. The van der Waals surface area contributed by atoms with E-state index in [0.29, 0.717) is 5.92 Å². The summed E-state index contributed by atoms with van der Waals surface area (Å²) in [4.78, 5) is 0. The zero-order valence-corrected chi connectivity index (χ0v) is 10.6. The van der Waals surface area contributed by atoms with E-state index in [-0.39, 0.29) is 0 Å². The van der Waals surface area contributed by atoms with Crippen molar-refractivity contribution in [2.24, 2.45) is 5.92 Å². The zero-order chi connectivity index (χ0) is 10.6. The first-order valence-corrected chi connectivity index (χ1v) is 5.81. The van der Waals surface area contributed by atoms with Gasteiger partial charge in [0.2, 0.25) is 0 Å². The number of hydrogen-bond donors (Lipinski definition) is 0. The molecule has 1 heteroatoms. The molecule has 0 heterocycles. The Labute approximate surface area is 95.2 Å². The SMILES string of the molecule is C/C=C\C(C)Cc1cccc(Br)c1C. The van der Waals surface area contributed by atoms with Crippen LogP contribution in [0.2, 0.25) is 0 Å². The molecular formula is C13H17Br. The first-order valence-electron chi connectivity index (χ1n) is 5.02. The lowest BCUT2D eigenvalue weighted by atomic mass is 9.97. The molecule has 1 aromatic rings. The van der Waals surface area contributed by atoms with Crippen molar-refractivity contribution in [1.82, 2.24) is 0 Å². The van der Waals surface area contributed by atoms with Crippen LogP contribution in [0.5, 0.6) is 0 Å². The Balaban J connectivity index is 2.81. The summed E-state index contributed by atoms with van der Waals surface area (Å²) in [5.74, 6) is 0.619. The fourth-order valence-electron chi connectivity index (χ4n) is 1.62. The van der Waals surface area contributed by atoms with Gasteiger partial charge in [-0.05, 0) is 43.4 Å². The third-order valence-electron chi connectivity index (χ3n) is 2.44. The minimum absolute atomic E-state index is 0.619. The molecule has 0 aliphatic rings. The van der Waals surface area contributed by atoms with E-state index in [1.165, 1.54) is 15.6 Å². The summed E-state index contributed by atoms with van der Waals surface area (Å²) in [6.45, 7) is 6.49. The van der Waals surface area contributed by atoms with Crippen molar-refractivity contribution in [1.29, 1.82) is 0 Å². The lowest BCUT2D eigenvalue weighted by molar-refractivity contribution is 0.718. The van der Waals surface area contributed by atoms with E-state index in [2.05, 4.69) is 67.1 Å². The number of hydrogen-bond acceptors (Lipinski definition) is 0. The van der Waals surface area contributed by atoms with Gasteiger partial charge in [-0.25, -0.2) is 0 Å².